The zero-order chi connectivity index (χ0) is 15.9. The average molecular weight is 309 g/mol. The fourth-order valence-corrected chi connectivity index (χ4v) is 2.54. The van der Waals surface area contributed by atoms with E-state index >= 15 is 0 Å². The van der Waals surface area contributed by atoms with Crippen molar-refractivity contribution in [3.63, 3.8) is 0 Å². The van der Waals surface area contributed by atoms with Gasteiger partial charge in [-0.15, -0.1) is 0 Å². The molecule has 3 rings (SSSR count). The van der Waals surface area contributed by atoms with Crippen LogP contribution in [0.5, 0.6) is 6.01 Å². The topological polar surface area (TPSA) is 113 Å². The van der Waals surface area contributed by atoms with Crippen molar-refractivity contribution in [3.8, 4) is 6.01 Å². The molecule has 9 heteroatoms. The van der Waals surface area contributed by atoms with E-state index in [9.17, 15) is 9.59 Å². The molecule has 118 valence electrons. The van der Waals surface area contributed by atoms with E-state index in [-0.39, 0.29) is 18.1 Å². The molecule has 2 aliphatic rings. The van der Waals surface area contributed by atoms with Gasteiger partial charge in [0.1, 0.15) is 12.7 Å². The van der Waals surface area contributed by atoms with Crippen LogP contribution in [0.3, 0.4) is 0 Å². The quantitative estimate of drug-likeness (QED) is 0.750. The van der Waals surface area contributed by atoms with Gasteiger partial charge in [0.15, 0.2) is 23.9 Å². The van der Waals surface area contributed by atoms with E-state index in [1.807, 2.05) is 0 Å². The summed E-state index contributed by atoms with van der Waals surface area (Å²) >= 11 is 0. The van der Waals surface area contributed by atoms with E-state index in [0.717, 1.165) is 0 Å². The lowest BCUT2D eigenvalue weighted by atomic mass is 10.1. The summed E-state index contributed by atoms with van der Waals surface area (Å²) in [7, 11) is 0. The van der Waals surface area contributed by atoms with Gasteiger partial charge in [-0.3, -0.25) is 19.6 Å². The fourth-order valence-electron chi connectivity index (χ4n) is 2.54. The SMILES string of the molecule is CC(=O)OC[C@H]1O[C@@H]2[C@@H](Oc3nc(=N)ccn32)[C@@H]1OC(C)=O. The van der Waals surface area contributed by atoms with Gasteiger partial charge >= 0.3 is 17.9 Å². The minimum atomic E-state index is -0.724. The Bertz CT molecular complexity index is 672. The number of rotatable bonds is 3. The molecule has 0 radical (unpaired) electrons. The van der Waals surface area contributed by atoms with E-state index in [1.165, 1.54) is 19.9 Å². The van der Waals surface area contributed by atoms with Crippen molar-refractivity contribution in [2.24, 2.45) is 0 Å². The lowest BCUT2D eigenvalue weighted by Crippen LogP contribution is -2.39. The number of aromatic nitrogens is 2. The number of esters is 2. The maximum absolute atomic E-state index is 11.3. The Morgan fingerprint density at radius 3 is 2.86 bits per heavy atom. The van der Waals surface area contributed by atoms with Crippen LogP contribution in [-0.4, -0.2) is 46.4 Å². The summed E-state index contributed by atoms with van der Waals surface area (Å²) in [5, 5.41) is 7.50. The van der Waals surface area contributed by atoms with E-state index in [4.69, 9.17) is 24.4 Å². The summed E-state index contributed by atoms with van der Waals surface area (Å²) in [5.41, 5.74) is 0.0618. The van der Waals surface area contributed by atoms with Crippen molar-refractivity contribution in [2.75, 3.05) is 6.61 Å². The van der Waals surface area contributed by atoms with Crippen molar-refractivity contribution in [3.05, 3.63) is 17.8 Å². The third-order valence-corrected chi connectivity index (χ3v) is 3.38. The summed E-state index contributed by atoms with van der Waals surface area (Å²) in [6, 6.07) is 1.73. The molecule has 4 atom stereocenters. The lowest BCUT2D eigenvalue weighted by molar-refractivity contribution is -0.157. The second-order valence-electron chi connectivity index (χ2n) is 5.03. The largest absolute Gasteiger partial charge is 0.463 e. The fraction of sp³-hybridized carbons (Fsp3) is 0.538. The summed E-state index contributed by atoms with van der Waals surface area (Å²) in [6.07, 6.45) is -0.877. The Balaban J connectivity index is 1.84. The average Bonchev–Trinajstić information content (AvgIpc) is 2.92. The monoisotopic (exact) mass is 309 g/mol. The first-order valence-electron chi connectivity index (χ1n) is 6.72. The number of ether oxygens (including phenoxy) is 4. The molecule has 22 heavy (non-hydrogen) atoms. The maximum atomic E-state index is 11.3. The van der Waals surface area contributed by atoms with Gasteiger partial charge in [-0.1, -0.05) is 0 Å². The van der Waals surface area contributed by atoms with Crippen molar-refractivity contribution >= 4 is 11.9 Å². The molecule has 2 aliphatic heterocycles. The third kappa shape index (κ3) is 2.54. The van der Waals surface area contributed by atoms with E-state index in [0.29, 0.717) is 0 Å². The molecule has 1 saturated heterocycles. The number of hydrogen-bond acceptors (Lipinski definition) is 8. The Morgan fingerprint density at radius 2 is 2.18 bits per heavy atom. The summed E-state index contributed by atoms with van der Waals surface area (Å²) in [5.74, 6) is -0.933. The molecule has 1 N–H and O–H groups in total. The molecule has 0 aromatic carbocycles. The Morgan fingerprint density at radius 1 is 1.41 bits per heavy atom. The Kier molecular flexibility index (Phi) is 3.57. The van der Waals surface area contributed by atoms with Gasteiger partial charge in [-0.2, -0.15) is 4.98 Å². The zero-order valence-electron chi connectivity index (χ0n) is 12.0. The summed E-state index contributed by atoms with van der Waals surface area (Å²) < 4.78 is 23.3. The third-order valence-electron chi connectivity index (χ3n) is 3.38. The van der Waals surface area contributed by atoms with Crippen molar-refractivity contribution in [1.29, 1.82) is 5.41 Å². The van der Waals surface area contributed by atoms with Crippen LogP contribution in [0.2, 0.25) is 0 Å². The summed E-state index contributed by atoms with van der Waals surface area (Å²) in [4.78, 5) is 26.2. The molecule has 0 unspecified atom stereocenters. The zero-order valence-corrected chi connectivity index (χ0v) is 12.0. The minimum absolute atomic E-state index is 0.0382. The van der Waals surface area contributed by atoms with Gasteiger partial charge in [0.25, 0.3) is 0 Å². The van der Waals surface area contributed by atoms with Crippen LogP contribution in [-0.2, 0) is 23.8 Å². The van der Waals surface area contributed by atoms with E-state index in [1.54, 1.807) is 10.8 Å². The van der Waals surface area contributed by atoms with Crippen molar-refractivity contribution in [2.45, 2.75) is 38.4 Å². The highest BCUT2D eigenvalue weighted by molar-refractivity contribution is 5.66. The molecule has 1 aromatic rings. The van der Waals surface area contributed by atoms with Crippen LogP contribution in [0, 0.1) is 5.41 Å². The van der Waals surface area contributed by atoms with Gasteiger partial charge in [-0.05, 0) is 6.07 Å². The highest BCUT2D eigenvalue weighted by atomic mass is 16.7. The molecule has 9 nitrogen and oxygen atoms in total. The first-order chi connectivity index (χ1) is 10.5. The number of hydrogen-bond donors (Lipinski definition) is 1. The van der Waals surface area contributed by atoms with Crippen LogP contribution in [0.4, 0.5) is 0 Å². The molecular weight excluding hydrogens is 294 g/mol. The highest BCUT2D eigenvalue weighted by Crippen LogP contribution is 2.40. The minimum Gasteiger partial charge on any atom is -0.463 e. The molecule has 0 amide bonds. The highest BCUT2D eigenvalue weighted by Gasteiger charge is 2.54. The van der Waals surface area contributed by atoms with E-state index in [2.05, 4.69) is 4.98 Å². The second kappa shape index (κ2) is 5.41. The molecule has 0 aliphatic carbocycles. The van der Waals surface area contributed by atoms with Gasteiger partial charge in [0.2, 0.25) is 0 Å². The maximum Gasteiger partial charge on any atom is 0.303 e. The second-order valence-corrected chi connectivity index (χ2v) is 5.03. The van der Waals surface area contributed by atoms with Crippen LogP contribution in [0.1, 0.15) is 20.1 Å². The van der Waals surface area contributed by atoms with Gasteiger partial charge in [0, 0.05) is 20.0 Å². The van der Waals surface area contributed by atoms with Crippen LogP contribution >= 0.6 is 0 Å². The van der Waals surface area contributed by atoms with Gasteiger partial charge in [-0.25, -0.2) is 0 Å². The van der Waals surface area contributed by atoms with Gasteiger partial charge in [0.05, 0.1) is 0 Å². The molecule has 1 fully saturated rings. The molecule has 0 spiro atoms. The van der Waals surface area contributed by atoms with Gasteiger partial charge < -0.3 is 18.9 Å². The number of carbonyl (C=O) groups excluding carboxylic acids is 2. The van der Waals surface area contributed by atoms with E-state index < -0.39 is 36.5 Å². The number of carbonyl (C=O) groups is 2. The summed E-state index contributed by atoms with van der Waals surface area (Å²) in [6.45, 7) is 2.53. The normalized spacial score (nSPS) is 28.5. The molecule has 0 bridgehead atoms. The number of nitrogens with one attached hydrogen (secondary N) is 1. The van der Waals surface area contributed by atoms with Crippen LogP contribution < -0.4 is 10.2 Å². The van der Waals surface area contributed by atoms with Crippen LogP contribution in [0.15, 0.2) is 12.3 Å². The standard InChI is InChI=1S/C13H15N3O6/c1-6(17)19-5-8-10(20-7(2)18)11-12(21-8)16-4-3-9(14)15-13(16)22-11/h3-4,8,10-12,14H,5H2,1-2H3/t8-,10-,11+,12-/m1/s1. The molecule has 1 aromatic heterocycles. The predicted octanol–water partition coefficient (Wildman–Crippen LogP) is -0.484. The molecule has 3 heterocycles. The molecular formula is C13H15N3O6. The number of fused-ring (bicyclic) bond motifs is 3. The first kappa shape index (κ1) is 14.5. The molecule has 0 saturated carbocycles. The Hall–Kier alpha value is -2.42. The van der Waals surface area contributed by atoms with Crippen LogP contribution in [0.25, 0.3) is 0 Å². The smallest absolute Gasteiger partial charge is 0.303 e. The first-order valence-corrected chi connectivity index (χ1v) is 6.72. The Labute approximate surface area is 125 Å². The van der Waals surface area contributed by atoms with Crippen molar-refractivity contribution in [1.82, 2.24) is 9.55 Å². The lowest BCUT2D eigenvalue weighted by Gasteiger charge is -2.20. The predicted molar refractivity (Wildman–Crippen MR) is 68.6 cm³/mol. The van der Waals surface area contributed by atoms with Crippen molar-refractivity contribution < 1.29 is 28.5 Å². The number of nitrogens with zero attached hydrogens (tertiary/aromatic N) is 2.